The van der Waals surface area contributed by atoms with Gasteiger partial charge >= 0.3 is 0 Å². The van der Waals surface area contributed by atoms with Gasteiger partial charge in [0, 0.05) is 28.8 Å². The molecule has 0 saturated carbocycles. The quantitative estimate of drug-likeness (QED) is 0.220. The van der Waals surface area contributed by atoms with Gasteiger partial charge in [-0.1, -0.05) is 61.5 Å². The molecular weight excluding hydrogens is 564 g/mol. The summed E-state index contributed by atoms with van der Waals surface area (Å²) in [4.78, 5) is 30.9. The first-order valence-electron chi connectivity index (χ1n) is 15.4. The number of ether oxygens (including phenoxy) is 3. The number of benzene rings is 4. The van der Waals surface area contributed by atoms with Crippen molar-refractivity contribution >= 4 is 23.1 Å². The minimum atomic E-state index is -0.719. The van der Waals surface area contributed by atoms with Gasteiger partial charge in [-0.05, 0) is 73.7 Å². The number of carbonyl (C=O) groups is 2. The Labute approximate surface area is 264 Å². The van der Waals surface area contributed by atoms with Gasteiger partial charge in [0.15, 0.2) is 17.3 Å². The van der Waals surface area contributed by atoms with Crippen molar-refractivity contribution in [1.29, 1.82) is 0 Å². The molecule has 0 saturated heterocycles. The Morgan fingerprint density at radius 1 is 0.867 bits per heavy atom. The van der Waals surface area contributed by atoms with Crippen LogP contribution in [0.4, 0.5) is 11.4 Å². The molecule has 0 aromatic heterocycles. The van der Waals surface area contributed by atoms with Gasteiger partial charge in [-0.15, -0.1) is 0 Å². The number of anilines is 2. The van der Waals surface area contributed by atoms with Gasteiger partial charge in [-0.2, -0.15) is 0 Å². The Kier molecular flexibility index (Phi) is 8.60. The molecule has 4 aromatic carbocycles. The van der Waals surface area contributed by atoms with E-state index in [4.69, 9.17) is 14.2 Å². The molecular formula is C38H38N2O5. The van der Waals surface area contributed by atoms with Crippen molar-refractivity contribution in [3.8, 4) is 17.2 Å². The van der Waals surface area contributed by atoms with Crippen LogP contribution in [0.1, 0.15) is 66.6 Å². The van der Waals surface area contributed by atoms with Crippen LogP contribution < -0.4 is 24.4 Å². The summed E-state index contributed by atoms with van der Waals surface area (Å²) in [5, 5.41) is 3.62. The molecule has 0 unspecified atom stereocenters. The maximum absolute atomic E-state index is 14.6. The maximum Gasteiger partial charge on any atom is 0.259 e. The lowest BCUT2D eigenvalue weighted by Gasteiger charge is -2.36. The summed E-state index contributed by atoms with van der Waals surface area (Å²) in [6.45, 7) is 4.10. The smallest absolute Gasteiger partial charge is 0.259 e. The molecule has 6 rings (SSSR count). The summed E-state index contributed by atoms with van der Waals surface area (Å²) in [6.07, 6.45) is 1.62. The average molecular weight is 603 g/mol. The molecule has 1 amide bonds. The molecule has 7 heteroatoms. The van der Waals surface area contributed by atoms with Gasteiger partial charge in [0.2, 0.25) is 0 Å². The second kappa shape index (κ2) is 12.9. The maximum atomic E-state index is 14.6. The first-order valence-corrected chi connectivity index (χ1v) is 15.4. The van der Waals surface area contributed by atoms with Gasteiger partial charge in [0.05, 0.1) is 37.7 Å². The second-order valence-electron chi connectivity index (χ2n) is 11.5. The highest BCUT2D eigenvalue weighted by molar-refractivity contribution is 6.12. The van der Waals surface area contributed by atoms with Crippen molar-refractivity contribution in [1.82, 2.24) is 0 Å². The number of nitrogens with one attached hydrogen (secondary N) is 1. The van der Waals surface area contributed by atoms with Gasteiger partial charge < -0.3 is 19.5 Å². The monoisotopic (exact) mass is 602 g/mol. The summed E-state index contributed by atoms with van der Waals surface area (Å²) in [7, 11) is 3.22. The van der Waals surface area contributed by atoms with E-state index in [0.29, 0.717) is 40.5 Å². The number of carbonyl (C=O) groups excluding carboxylic acids is 2. The molecule has 45 heavy (non-hydrogen) atoms. The van der Waals surface area contributed by atoms with Gasteiger partial charge in [0.25, 0.3) is 5.91 Å². The fourth-order valence-electron chi connectivity index (χ4n) is 6.28. The van der Waals surface area contributed by atoms with Gasteiger partial charge in [-0.3, -0.25) is 14.5 Å². The molecule has 230 valence electrons. The van der Waals surface area contributed by atoms with Gasteiger partial charge in [0.1, 0.15) is 5.75 Å². The number of Topliss-reactive ketones (excluding diaryl/α,β-unsaturated/α-hetero) is 1. The van der Waals surface area contributed by atoms with Crippen LogP contribution >= 0.6 is 0 Å². The summed E-state index contributed by atoms with van der Waals surface area (Å²) >= 11 is 0. The summed E-state index contributed by atoms with van der Waals surface area (Å²) in [6, 6.07) is 29.8. The number of rotatable bonds is 8. The Bertz CT molecular complexity index is 1750. The van der Waals surface area contributed by atoms with Crippen molar-refractivity contribution in [3.63, 3.8) is 0 Å². The molecule has 1 aliphatic carbocycles. The van der Waals surface area contributed by atoms with E-state index in [1.165, 1.54) is 0 Å². The van der Waals surface area contributed by atoms with E-state index < -0.39 is 6.04 Å². The Hall–Kier alpha value is -5.04. The Morgan fingerprint density at radius 3 is 2.33 bits per heavy atom. The summed E-state index contributed by atoms with van der Waals surface area (Å²) in [5.41, 5.74) is 5.12. The van der Waals surface area contributed by atoms with Crippen molar-refractivity contribution in [2.24, 2.45) is 0 Å². The highest BCUT2D eigenvalue weighted by Gasteiger charge is 2.43. The third kappa shape index (κ3) is 5.78. The molecule has 1 heterocycles. The highest BCUT2D eigenvalue weighted by atomic mass is 16.5. The lowest BCUT2D eigenvalue weighted by Crippen LogP contribution is -2.38. The molecule has 7 nitrogen and oxygen atoms in total. The van der Waals surface area contributed by atoms with E-state index in [1.54, 1.807) is 19.1 Å². The third-order valence-corrected chi connectivity index (χ3v) is 8.72. The molecule has 0 spiro atoms. The predicted molar refractivity (Wildman–Crippen MR) is 176 cm³/mol. The van der Waals surface area contributed by atoms with E-state index >= 15 is 0 Å². The average Bonchev–Trinajstić information content (AvgIpc) is 3.22. The standard InChI is InChI=1S/C38H38N2O5/c1-5-24(2)45-33-18-12-9-15-28(33)37-36-30(21-27(22-32(36)41)26-19-20-34(43-3)35(23-26)44-4)39-29-16-10-11-17-31(29)40(37)38(42)25-13-7-6-8-14-25/h6-20,23-24,27,37,39H,5,21-22H2,1-4H3/t24-,27-,37+/m1/s1. The van der Waals surface area contributed by atoms with Crippen LogP contribution in [-0.2, 0) is 4.79 Å². The molecule has 1 aliphatic heterocycles. The molecule has 3 atom stereocenters. The van der Waals surface area contributed by atoms with Crippen molar-refractivity contribution in [2.45, 2.75) is 51.2 Å². The zero-order valence-electron chi connectivity index (χ0n) is 26.1. The number of para-hydroxylation sites is 3. The fourth-order valence-corrected chi connectivity index (χ4v) is 6.28. The largest absolute Gasteiger partial charge is 0.493 e. The van der Waals surface area contributed by atoms with Crippen molar-refractivity contribution < 1.29 is 23.8 Å². The number of amides is 1. The second-order valence-corrected chi connectivity index (χ2v) is 11.5. The lowest BCUT2D eigenvalue weighted by atomic mass is 9.78. The number of fused-ring (bicyclic) bond motifs is 1. The Morgan fingerprint density at radius 2 is 1.58 bits per heavy atom. The number of ketones is 1. The molecule has 2 aliphatic rings. The van der Waals surface area contributed by atoms with Gasteiger partial charge in [-0.25, -0.2) is 0 Å². The molecule has 0 fully saturated rings. The topological polar surface area (TPSA) is 77.1 Å². The van der Waals surface area contributed by atoms with Crippen LogP contribution in [0, 0.1) is 0 Å². The van der Waals surface area contributed by atoms with Crippen LogP contribution in [0.2, 0.25) is 0 Å². The molecule has 0 radical (unpaired) electrons. The van der Waals surface area contributed by atoms with Crippen molar-refractivity contribution in [2.75, 3.05) is 24.4 Å². The van der Waals surface area contributed by atoms with Crippen molar-refractivity contribution in [3.05, 3.63) is 125 Å². The normalized spacial score (nSPS) is 18.2. The molecule has 0 bridgehead atoms. The van der Waals surface area contributed by atoms with Crippen LogP contribution in [0.15, 0.2) is 108 Å². The first kappa shape index (κ1) is 30.0. The van der Waals surface area contributed by atoms with E-state index in [1.807, 2.05) is 104 Å². The summed E-state index contributed by atoms with van der Waals surface area (Å²) < 4.78 is 17.5. The van der Waals surface area contributed by atoms with E-state index in [-0.39, 0.29) is 30.1 Å². The third-order valence-electron chi connectivity index (χ3n) is 8.72. The number of allylic oxidation sites excluding steroid dienone is 1. The number of methoxy groups -OCH3 is 2. The van der Waals surface area contributed by atoms with E-state index in [2.05, 4.69) is 12.2 Å². The van der Waals surface area contributed by atoms with E-state index in [0.717, 1.165) is 28.9 Å². The van der Waals surface area contributed by atoms with E-state index in [9.17, 15) is 9.59 Å². The predicted octanol–water partition coefficient (Wildman–Crippen LogP) is 8.10. The summed E-state index contributed by atoms with van der Waals surface area (Å²) in [5.74, 6) is 1.60. The fraction of sp³-hybridized carbons (Fsp3) is 0.263. The molecule has 1 N–H and O–H groups in total. The number of hydrogen-bond acceptors (Lipinski definition) is 6. The zero-order chi connectivity index (χ0) is 31.5. The van der Waals surface area contributed by atoms with Crippen LogP contribution in [-0.4, -0.2) is 32.0 Å². The highest BCUT2D eigenvalue weighted by Crippen LogP contribution is 2.50. The van der Waals surface area contributed by atoms with Crippen LogP contribution in [0.5, 0.6) is 17.2 Å². The zero-order valence-corrected chi connectivity index (χ0v) is 26.1. The Balaban J connectivity index is 1.56. The SMILES string of the molecule is CC[C@@H](C)Oc1ccccc1[C@H]1C2=C(C[C@@H](c3ccc(OC)c(OC)c3)CC2=O)Nc2ccccc2N1C(=O)c1ccccc1. The molecule has 4 aromatic rings. The number of nitrogens with zero attached hydrogens (tertiary/aromatic N) is 1. The minimum absolute atomic E-state index is 0.0226. The first-order chi connectivity index (χ1) is 21.9. The minimum Gasteiger partial charge on any atom is -0.493 e. The van der Waals surface area contributed by atoms with Crippen LogP contribution in [0.25, 0.3) is 0 Å². The van der Waals surface area contributed by atoms with Crippen LogP contribution in [0.3, 0.4) is 0 Å². The number of hydrogen-bond donors (Lipinski definition) is 1. The lowest BCUT2D eigenvalue weighted by molar-refractivity contribution is -0.116.